The molecule has 5 nitrogen and oxygen atoms in total. The fourth-order valence-electron chi connectivity index (χ4n) is 2.49. The normalized spacial score (nSPS) is 15.4. The van der Waals surface area contributed by atoms with Gasteiger partial charge < -0.3 is 14.8 Å². The molecule has 2 aromatic rings. The van der Waals surface area contributed by atoms with Crippen LogP contribution in [-0.4, -0.2) is 50.2 Å². The molecule has 1 fully saturated rings. The van der Waals surface area contributed by atoms with Crippen LogP contribution in [0.1, 0.15) is 5.56 Å². The number of carbonyl (C=O) groups excluding carboxylic acids is 1. The summed E-state index contributed by atoms with van der Waals surface area (Å²) in [7, 11) is 0. The van der Waals surface area contributed by atoms with Crippen LogP contribution in [0.4, 0.5) is 0 Å². The van der Waals surface area contributed by atoms with E-state index < -0.39 is 0 Å². The minimum Gasteiger partial charge on any atom is -0.457 e. The average Bonchev–Trinajstić information content (AvgIpc) is 3.15. The molecule has 1 aromatic heterocycles. The first kappa shape index (κ1) is 17.7. The van der Waals surface area contributed by atoms with E-state index in [1.54, 1.807) is 23.5 Å². The molecule has 25 heavy (non-hydrogen) atoms. The van der Waals surface area contributed by atoms with Gasteiger partial charge in [-0.2, -0.15) is 0 Å². The molecule has 6 heteroatoms. The van der Waals surface area contributed by atoms with Crippen LogP contribution in [0.5, 0.6) is 11.5 Å². The zero-order valence-corrected chi connectivity index (χ0v) is 14.8. The van der Waals surface area contributed by atoms with Gasteiger partial charge in [-0.15, -0.1) is 11.3 Å². The van der Waals surface area contributed by atoms with Gasteiger partial charge in [0.05, 0.1) is 13.2 Å². The molecule has 0 atom stereocenters. The molecule has 0 unspecified atom stereocenters. The lowest BCUT2D eigenvalue weighted by atomic mass is 10.2. The first-order chi connectivity index (χ1) is 12.3. The molecular formula is C19H22N2O3S. The molecule has 0 radical (unpaired) electrons. The Bertz CT molecular complexity index is 677. The molecular weight excluding hydrogens is 336 g/mol. The summed E-state index contributed by atoms with van der Waals surface area (Å²) in [5.74, 6) is 1.55. The van der Waals surface area contributed by atoms with Crippen LogP contribution >= 0.6 is 11.3 Å². The molecule has 1 aliphatic heterocycles. The topological polar surface area (TPSA) is 50.8 Å². The molecule has 0 bridgehead atoms. The largest absolute Gasteiger partial charge is 0.457 e. The Morgan fingerprint density at radius 2 is 2.00 bits per heavy atom. The highest BCUT2D eigenvalue weighted by atomic mass is 32.1. The summed E-state index contributed by atoms with van der Waals surface area (Å²) in [5, 5.41) is 6.84. The Kier molecular flexibility index (Phi) is 6.62. The maximum absolute atomic E-state index is 11.9. The Morgan fingerprint density at radius 1 is 1.20 bits per heavy atom. The Labute approximate surface area is 151 Å². The van der Waals surface area contributed by atoms with Crippen molar-refractivity contribution < 1.29 is 14.3 Å². The lowest BCUT2D eigenvalue weighted by molar-refractivity contribution is -0.116. The maximum Gasteiger partial charge on any atom is 0.244 e. The predicted octanol–water partition coefficient (Wildman–Crippen LogP) is 3.00. The Hall–Kier alpha value is -2.15. The van der Waals surface area contributed by atoms with Crippen molar-refractivity contribution in [2.45, 2.75) is 0 Å². The minimum absolute atomic E-state index is 0.0770. The standard InChI is InChI=1S/C19H22N2O3S/c22-19(20-8-9-21-10-12-23-13-11-21)6-3-16-1-4-17(5-2-16)24-18-7-14-25-15-18/h1-7,14-15H,8-13H2,(H,20,22). The fraction of sp³-hybridized carbons (Fsp3) is 0.316. The number of nitrogens with one attached hydrogen (secondary N) is 1. The highest BCUT2D eigenvalue weighted by molar-refractivity contribution is 7.08. The lowest BCUT2D eigenvalue weighted by Crippen LogP contribution is -2.41. The third-order valence-electron chi connectivity index (χ3n) is 3.87. The van der Waals surface area contributed by atoms with Gasteiger partial charge >= 0.3 is 0 Å². The van der Waals surface area contributed by atoms with E-state index in [4.69, 9.17) is 9.47 Å². The number of rotatable bonds is 7. The van der Waals surface area contributed by atoms with Gasteiger partial charge in [-0.05, 0) is 35.2 Å². The van der Waals surface area contributed by atoms with E-state index in [0.29, 0.717) is 6.54 Å². The Balaban J connectivity index is 1.40. The van der Waals surface area contributed by atoms with Crippen molar-refractivity contribution in [1.82, 2.24) is 10.2 Å². The van der Waals surface area contributed by atoms with Crippen LogP contribution in [0.3, 0.4) is 0 Å². The molecule has 1 aliphatic rings. The summed E-state index contributed by atoms with van der Waals surface area (Å²) in [6, 6.07) is 9.58. The minimum atomic E-state index is -0.0770. The van der Waals surface area contributed by atoms with E-state index in [2.05, 4.69) is 10.2 Å². The Morgan fingerprint density at radius 3 is 2.72 bits per heavy atom. The van der Waals surface area contributed by atoms with Gasteiger partial charge in [0, 0.05) is 37.6 Å². The second-order valence-corrected chi connectivity index (χ2v) is 6.49. The number of nitrogens with zero attached hydrogens (tertiary/aromatic N) is 1. The monoisotopic (exact) mass is 358 g/mol. The van der Waals surface area contributed by atoms with Crippen molar-refractivity contribution in [3.8, 4) is 11.5 Å². The second kappa shape index (κ2) is 9.36. The van der Waals surface area contributed by atoms with Crippen molar-refractivity contribution in [2.24, 2.45) is 0 Å². The van der Waals surface area contributed by atoms with Crippen molar-refractivity contribution in [2.75, 3.05) is 39.4 Å². The van der Waals surface area contributed by atoms with Crippen LogP contribution in [-0.2, 0) is 9.53 Å². The molecule has 1 aromatic carbocycles. The van der Waals surface area contributed by atoms with Crippen molar-refractivity contribution in [1.29, 1.82) is 0 Å². The van der Waals surface area contributed by atoms with Crippen molar-refractivity contribution in [3.05, 3.63) is 52.7 Å². The fourth-order valence-corrected chi connectivity index (χ4v) is 3.04. The number of benzene rings is 1. The lowest BCUT2D eigenvalue weighted by Gasteiger charge is -2.26. The summed E-state index contributed by atoms with van der Waals surface area (Å²) in [4.78, 5) is 14.2. The zero-order valence-electron chi connectivity index (χ0n) is 14.0. The number of carbonyl (C=O) groups is 1. The molecule has 0 spiro atoms. The summed E-state index contributed by atoms with van der Waals surface area (Å²) in [6.45, 7) is 4.94. The molecule has 0 aliphatic carbocycles. The molecule has 3 rings (SSSR count). The average molecular weight is 358 g/mol. The van der Waals surface area contributed by atoms with E-state index >= 15 is 0 Å². The summed E-state index contributed by atoms with van der Waals surface area (Å²) in [5.41, 5.74) is 0.959. The molecule has 132 valence electrons. The highest BCUT2D eigenvalue weighted by Crippen LogP contribution is 2.23. The number of hydrogen-bond acceptors (Lipinski definition) is 5. The number of ether oxygens (including phenoxy) is 2. The number of thiophene rings is 1. The van der Waals surface area contributed by atoms with Gasteiger partial charge in [-0.3, -0.25) is 9.69 Å². The van der Waals surface area contributed by atoms with E-state index in [0.717, 1.165) is 49.9 Å². The van der Waals surface area contributed by atoms with Gasteiger partial charge in [0.25, 0.3) is 0 Å². The van der Waals surface area contributed by atoms with E-state index in [9.17, 15) is 4.79 Å². The van der Waals surface area contributed by atoms with Crippen LogP contribution in [0.15, 0.2) is 47.2 Å². The van der Waals surface area contributed by atoms with Crippen LogP contribution in [0.25, 0.3) is 6.08 Å². The van der Waals surface area contributed by atoms with Crippen molar-refractivity contribution >= 4 is 23.3 Å². The maximum atomic E-state index is 11.9. The quantitative estimate of drug-likeness (QED) is 0.773. The first-order valence-corrected chi connectivity index (χ1v) is 9.30. The zero-order chi connectivity index (χ0) is 17.3. The number of amides is 1. The second-order valence-electron chi connectivity index (χ2n) is 5.71. The molecule has 0 saturated carbocycles. The first-order valence-electron chi connectivity index (χ1n) is 8.36. The molecule has 1 saturated heterocycles. The number of hydrogen-bond donors (Lipinski definition) is 1. The predicted molar refractivity (Wildman–Crippen MR) is 100 cm³/mol. The molecule has 2 heterocycles. The number of morpholine rings is 1. The van der Waals surface area contributed by atoms with Crippen LogP contribution < -0.4 is 10.1 Å². The van der Waals surface area contributed by atoms with Gasteiger partial charge in [-0.25, -0.2) is 0 Å². The third-order valence-corrected chi connectivity index (χ3v) is 4.53. The van der Waals surface area contributed by atoms with Gasteiger partial charge in [0.1, 0.15) is 11.5 Å². The SMILES string of the molecule is O=C(C=Cc1ccc(Oc2ccsc2)cc1)NCCN1CCOCC1. The van der Waals surface area contributed by atoms with Gasteiger partial charge in [-0.1, -0.05) is 12.1 Å². The van der Waals surface area contributed by atoms with Crippen LogP contribution in [0, 0.1) is 0 Å². The van der Waals surface area contributed by atoms with Gasteiger partial charge in [0.15, 0.2) is 0 Å². The van der Waals surface area contributed by atoms with E-state index in [1.165, 1.54) is 0 Å². The third kappa shape index (κ3) is 6.01. The van der Waals surface area contributed by atoms with Crippen LogP contribution in [0.2, 0.25) is 0 Å². The van der Waals surface area contributed by atoms with Gasteiger partial charge in [0.2, 0.25) is 5.91 Å². The van der Waals surface area contributed by atoms with E-state index in [-0.39, 0.29) is 5.91 Å². The van der Waals surface area contributed by atoms with E-state index in [1.807, 2.05) is 41.1 Å². The van der Waals surface area contributed by atoms with Crippen molar-refractivity contribution in [3.63, 3.8) is 0 Å². The highest BCUT2D eigenvalue weighted by Gasteiger charge is 2.09. The molecule has 1 N–H and O–H groups in total. The summed E-state index contributed by atoms with van der Waals surface area (Å²) < 4.78 is 11.0. The smallest absolute Gasteiger partial charge is 0.244 e. The summed E-state index contributed by atoms with van der Waals surface area (Å²) >= 11 is 1.60. The molecule has 1 amide bonds. The summed E-state index contributed by atoms with van der Waals surface area (Å²) in [6.07, 6.45) is 3.37.